The Labute approximate surface area is 85.0 Å². The number of benzene rings is 1. The van der Waals surface area contributed by atoms with E-state index < -0.39 is 0 Å². The minimum atomic E-state index is 0.889. The number of hydrogen-bond acceptors (Lipinski definition) is 3. The molecule has 0 bridgehead atoms. The van der Waals surface area contributed by atoms with Gasteiger partial charge in [0.2, 0.25) is 0 Å². The third kappa shape index (κ3) is 4.84. The van der Waals surface area contributed by atoms with Gasteiger partial charge in [0.1, 0.15) is 5.75 Å². The summed E-state index contributed by atoms with van der Waals surface area (Å²) in [6.45, 7) is 3.83. The van der Waals surface area contributed by atoms with Crippen LogP contribution < -0.4 is 10.1 Å². The first-order valence-corrected chi connectivity index (χ1v) is 4.81. The molecule has 3 heteroatoms. The number of rotatable bonds is 1. The van der Waals surface area contributed by atoms with E-state index in [1.54, 1.807) is 7.11 Å². The maximum atomic E-state index is 5.01. The summed E-state index contributed by atoms with van der Waals surface area (Å²) in [4.78, 5) is 0. The molecule has 1 fully saturated rings. The van der Waals surface area contributed by atoms with Crippen molar-refractivity contribution >= 4 is 0 Å². The van der Waals surface area contributed by atoms with Crippen LogP contribution in [0.2, 0.25) is 0 Å². The van der Waals surface area contributed by atoms with E-state index in [2.05, 4.69) is 5.32 Å². The Morgan fingerprint density at radius 1 is 1.14 bits per heavy atom. The standard InChI is InChI=1S/C7H8O.C4H9NO/c1-8-7-5-3-2-4-6-7;1-3-6-4-2-5-1/h2-6H,1H3;5H,1-4H2. The summed E-state index contributed by atoms with van der Waals surface area (Å²) in [7, 11) is 1.66. The Hall–Kier alpha value is -1.06. The predicted molar refractivity (Wildman–Crippen MR) is 56.7 cm³/mol. The van der Waals surface area contributed by atoms with E-state index in [9.17, 15) is 0 Å². The van der Waals surface area contributed by atoms with Gasteiger partial charge < -0.3 is 14.8 Å². The molecule has 0 atom stereocenters. The van der Waals surface area contributed by atoms with E-state index in [1.807, 2.05) is 30.3 Å². The third-order valence-electron chi connectivity index (χ3n) is 1.83. The number of nitrogens with one attached hydrogen (secondary N) is 1. The minimum Gasteiger partial charge on any atom is -0.497 e. The van der Waals surface area contributed by atoms with Crippen molar-refractivity contribution in [2.75, 3.05) is 33.4 Å². The second-order valence-electron chi connectivity index (χ2n) is 2.88. The van der Waals surface area contributed by atoms with Gasteiger partial charge >= 0.3 is 0 Å². The fraction of sp³-hybridized carbons (Fsp3) is 0.455. The van der Waals surface area contributed by atoms with Crippen LogP contribution >= 0.6 is 0 Å². The van der Waals surface area contributed by atoms with Crippen LogP contribution in [0.15, 0.2) is 30.3 Å². The topological polar surface area (TPSA) is 30.5 Å². The lowest BCUT2D eigenvalue weighted by Crippen LogP contribution is -2.30. The van der Waals surface area contributed by atoms with Crippen molar-refractivity contribution in [2.45, 2.75) is 0 Å². The van der Waals surface area contributed by atoms with Crippen LogP contribution in [0.4, 0.5) is 0 Å². The summed E-state index contributed by atoms with van der Waals surface area (Å²) < 4.78 is 9.92. The van der Waals surface area contributed by atoms with Crippen molar-refractivity contribution in [1.29, 1.82) is 0 Å². The number of methoxy groups -OCH3 is 1. The Morgan fingerprint density at radius 2 is 1.79 bits per heavy atom. The molecular weight excluding hydrogens is 178 g/mol. The first-order valence-electron chi connectivity index (χ1n) is 4.81. The van der Waals surface area contributed by atoms with E-state index >= 15 is 0 Å². The molecule has 1 aromatic rings. The Kier molecular flexibility index (Phi) is 5.79. The molecule has 14 heavy (non-hydrogen) atoms. The van der Waals surface area contributed by atoms with Gasteiger partial charge in [0.05, 0.1) is 20.3 Å². The molecule has 0 radical (unpaired) electrons. The molecule has 3 nitrogen and oxygen atoms in total. The van der Waals surface area contributed by atoms with Gasteiger partial charge in [-0.2, -0.15) is 0 Å². The third-order valence-corrected chi connectivity index (χ3v) is 1.83. The quantitative estimate of drug-likeness (QED) is 0.732. The summed E-state index contributed by atoms with van der Waals surface area (Å²) in [6.07, 6.45) is 0. The van der Waals surface area contributed by atoms with Crippen molar-refractivity contribution in [2.24, 2.45) is 0 Å². The van der Waals surface area contributed by atoms with Gasteiger partial charge in [0.15, 0.2) is 0 Å². The van der Waals surface area contributed by atoms with Crippen molar-refractivity contribution in [3.05, 3.63) is 30.3 Å². The molecule has 1 aliphatic rings. The molecule has 1 saturated heterocycles. The highest BCUT2D eigenvalue weighted by atomic mass is 16.5. The largest absolute Gasteiger partial charge is 0.497 e. The van der Waals surface area contributed by atoms with Gasteiger partial charge in [-0.15, -0.1) is 0 Å². The summed E-state index contributed by atoms with van der Waals surface area (Å²) in [5.41, 5.74) is 0. The lowest BCUT2D eigenvalue weighted by atomic mass is 10.3. The molecule has 0 aromatic heterocycles. The van der Waals surface area contributed by atoms with Crippen LogP contribution in [0.3, 0.4) is 0 Å². The number of morpholine rings is 1. The van der Waals surface area contributed by atoms with Crippen LogP contribution in [0.1, 0.15) is 0 Å². The zero-order valence-electron chi connectivity index (χ0n) is 8.53. The summed E-state index contributed by atoms with van der Waals surface area (Å²) in [6, 6.07) is 9.68. The zero-order chi connectivity index (χ0) is 10.1. The molecule has 0 saturated carbocycles. The summed E-state index contributed by atoms with van der Waals surface area (Å²) in [5.74, 6) is 0.910. The molecule has 1 heterocycles. The normalized spacial score (nSPS) is 15.2. The molecular formula is C11H17NO2. The number of hydrogen-bond donors (Lipinski definition) is 1. The predicted octanol–water partition coefficient (Wildman–Crippen LogP) is 1.30. The van der Waals surface area contributed by atoms with E-state index in [4.69, 9.17) is 9.47 Å². The lowest BCUT2D eigenvalue weighted by molar-refractivity contribution is 0.109. The van der Waals surface area contributed by atoms with Crippen molar-refractivity contribution < 1.29 is 9.47 Å². The molecule has 0 unspecified atom stereocenters. The van der Waals surface area contributed by atoms with E-state index in [0.717, 1.165) is 32.1 Å². The monoisotopic (exact) mass is 195 g/mol. The summed E-state index contributed by atoms with van der Waals surface area (Å²) in [5, 5.41) is 3.16. The van der Waals surface area contributed by atoms with Crippen LogP contribution in [-0.4, -0.2) is 33.4 Å². The smallest absolute Gasteiger partial charge is 0.118 e. The van der Waals surface area contributed by atoms with E-state index in [-0.39, 0.29) is 0 Å². The van der Waals surface area contributed by atoms with Gasteiger partial charge in [-0.3, -0.25) is 0 Å². The summed E-state index contributed by atoms with van der Waals surface area (Å²) >= 11 is 0. The lowest BCUT2D eigenvalue weighted by Gasteiger charge is -2.10. The highest BCUT2D eigenvalue weighted by Gasteiger charge is 1.92. The second kappa shape index (κ2) is 7.35. The minimum absolute atomic E-state index is 0.889. The molecule has 0 aliphatic carbocycles. The van der Waals surface area contributed by atoms with Crippen molar-refractivity contribution in [1.82, 2.24) is 5.32 Å². The highest BCUT2D eigenvalue weighted by Crippen LogP contribution is 2.05. The molecule has 2 rings (SSSR count). The van der Waals surface area contributed by atoms with Gasteiger partial charge in [0, 0.05) is 13.1 Å². The van der Waals surface area contributed by atoms with Crippen LogP contribution in [0.5, 0.6) is 5.75 Å². The fourth-order valence-electron chi connectivity index (χ4n) is 1.07. The Balaban J connectivity index is 0.000000146. The molecule has 1 N–H and O–H groups in total. The van der Waals surface area contributed by atoms with Crippen LogP contribution in [0.25, 0.3) is 0 Å². The Morgan fingerprint density at radius 3 is 2.07 bits per heavy atom. The van der Waals surface area contributed by atoms with Gasteiger partial charge in [-0.25, -0.2) is 0 Å². The maximum Gasteiger partial charge on any atom is 0.118 e. The SMILES string of the molecule is C1COCCN1.COc1ccccc1. The maximum absolute atomic E-state index is 5.01. The zero-order valence-corrected chi connectivity index (χ0v) is 8.53. The average molecular weight is 195 g/mol. The van der Waals surface area contributed by atoms with E-state index in [0.29, 0.717) is 0 Å². The molecule has 0 spiro atoms. The highest BCUT2D eigenvalue weighted by molar-refractivity contribution is 5.20. The first kappa shape index (κ1) is 11.0. The van der Waals surface area contributed by atoms with Crippen molar-refractivity contribution in [3.8, 4) is 5.75 Å². The van der Waals surface area contributed by atoms with E-state index in [1.165, 1.54) is 0 Å². The van der Waals surface area contributed by atoms with Gasteiger partial charge in [0.25, 0.3) is 0 Å². The first-order chi connectivity index (χ1) is 6.93. The van der Waals surface area contributed by atoms with Gasteiger partial charge in [-0.05, 0) is 12.1 Å². The van der Waals surface area contributed by atoms with Gasteiger partial charge in [-0.1, -0.05) is 18.2 Å². The van der Waals surface area contributed by atoms with Crippen LogP contribution in [0, 0.1) is 0 Å². The number of ether oxygens (including phenoxy) is 2. The van der Waals surface area contributed by atoms with Crippen LogP contribution in [-0.2, 0) is 4.74 Å². The molecule has 0 amide bonds. The Bertz CT molecular complexity index is 210. The van der Waals surface area contributed by atoms with Crippen molar-refractivity contribution in [3.63, 3.8) is 0 Å². The average Bonchev–Trinajstić information content (AvgIpc) is 2.33. The fourth-order valence-corrected chi connectivity index (χ4v) is 1.07. The molecule has 1 aliphatic heterocycles. The molecule has 78 valence electrons. The second-order valence-corrected chi connectivity index (χ2v) is 2.88. The number of para-hydroxylation sites is 1. The molecule has 1 aromatic carbocycles.